The van der Waals surface area contributed by atoms with Crippen LogP contribution in [-0.4, -0.2) is 39.0 Å². The van der Waals surface area contributed by atoms with Crippen molar-refractivity contribution in [3.63, 3.8) is 0 Å². The van der Waals surface area contributed by atoms with Gasteiger partial charge in [-0.1, -0.05) is 0 Å². The lowest BCUT2D eigenvalue weighted by atomic mass is 9.97. The number of carboxylic acid groups (broad SMARTS) is 1. The molecule has 17 heavy (non-hydrogen) atoms. The van der Waals surface area contributed by atoms with Crippen molar-refractivity contribution in [2.75, 3.05) is 13.1 Å². The van der Waals surface area contributed by atoms with E-state index < -0.39 is 6.09 Å². The van der Waals surface area contributed by atoms with Crippen LogP contribution in [0.2, 0.25) is 0 Å². The van der Waals surface area contributed by atoms with E-state index in [1.165, 1.54) is 23.4 Å². The SMILES string of the molecule is O=C(O)N1CC(c2cc(I)nn2CC2CC2)C1. The first-order chi connectivity index (χ1) is 8.13. The molecule has 1 saturated heterocycles. The van der Waals surface area contributed by atoms with E-state index in [0.29, 0.717) is 19.0 Å². The second kappa shape index (κ2) is 4.15. The largest absolute Gasteiger partial charge is 0.465 e. The van der Waals surface area contributed by atoms with Crippen LogP contribution in [0, 0.1) is 9.62 Å². The molecule has 1 aliphatic carbocycles. The van der Waals surface area contributed by atoms with E-state index in [1.807, 2.05) is 0 Å². The monoisotopic (exact) mass is 347 g/mol. The van der Waals surface area contributed by atoms with Crippen LogP contribution in [0.5, 0.6) is 0 Å². The first kappa shape index (κ1) is 11.3. The second-order valence-electron chi connectivity index (χ2n) is 4.90. The predicted molar refractivity (Wildman–Crippen MR) is 70.0 cm³/mol. The third-order valence-corrected chi connectivity index (χ3v) is 4.01. The summed E-state index contributed by atoms with van der Waals surface area (Å²) in [5, 5.41) is 13.3. The topological polar surface area (TPSA) is 58.4 Å². The Balaban J connectivity index is 1.71. The lowest BCUT2D eigenvalue weighted by molar-refractivity contribution is 0.103. The molecular weight excluding hydrogens is 333 g/mol. The van der Waals surface area contributed by atoms with E-state index in [-0.39, 0.29) is 0 Å². The van der Waals surface area contributed by atoms with Crippen molar-refractivity contribution in [3.05, 3.63) is 15.5 Å². The van der Waals surface area contributed by atoms with Gasteiger partial charge in [0.05, 0.1) is 0 Å². The predicted octanol–water partition coefficient (Wildman–Crippen LogP) is 1.97. The van der Waals surface area contributed by atoms with Gasteiger partial charge in [0, 0.05) is 31.2 Å². The summed E-state index contributed by atoms with van der Waals surface area (Å²) in [5.41, 5.74) is 1.21. The summed E-state index contributed by atoms with van der Waals surface area (Å²) in [6.07, 6.45) is 1.80. The smallest absolute Gasteiger partial charge is 0.407 e. The zero-order valence-electron chi connectivity index (χ0n) is 9.34. The van der Waals surface area contributed by atoms with Crippen LogP contribution in [0.15, 0.2) is 6.07 Å². The summed E-state index contributed by atoms with van der Waals surface area (Å²) in [6, 6.07) is 2.09. The van der Waals surface area contributed by atoms with Crippen LogP contribution < -0.4 is 0 Å². The molecule has 92 valence electrons. The van der Waals surface area contributed by atoms with Gasteiger partial charge in [0.2, 0.25) is 0 Å². The minimum absolute atomic E-state index is 0.334. The zero-order valence-corrected chi connectivity index (χ0v) is 11.5. The molecule has 0 aromatic carbocycles. The van der Waals surface area contributed by atoms with Gasteiger partial charge in [-0.3, -0.25) is 4.68 Å². The number of amides is 1. The quantitative estimate of drug-likeness (QED) is 0.851. The first-order valence-electron chi connectivity index (χ1n) is 5.84. The standard InChI is InChI=1S/C11H14IN3O2/c12-10-3-9(8-5-14(6-8)11(16)17)15(13-10)4-7-1-2-7/h3,7-8H,1-2,4-6H2,(H,16,17). The summed E-state index contributed by atoms with van der Waals surface area (Å²) in [7, 11) is 0. The van der Waals surface area contributed by atoms with E-state index in [0.717, 1.165) is 16.2 Å². The third kappa shape index (κ3) is 2.27. The second-order valence-corrected chi connectivity index (χ2v) is 6.01. The van der Waals surface area contributed by atoms with Crippen molar-refractivity contribution in [2.24, 2.45) is 5.92 Å². The minimum Gasteiger partial charge on any atom is -0.465 e. The minimum atomic E-state index is -0.816. The molecule has 2 fully saturated rings. The normalized spacial score (nSPS) is 20.4. The Morgan fingerprint density at radius 2 is 2.24 bits per heavy atom. The summed E-state index contributed by atoms with van der Waals surface area (Å²) in [6.45, 7) is 2.23. The molecule has 1 saturated carbocycles. The molecule has 0 bridgehead atoms. The highest BCUT2D eigenvalue weighted by molar-refractivity contribution is 14.1. The molecule has 6 heteroatoms. The van der Waals surface area contributed by atoms with E-state index in [9.17, 15) is 4.79 Å². The Kier molecular flexibility index (Phi) is 2.76. The molecule has 1 aromatic heterocycles. The molecule has 1 amide bonds. The number of likely N-dealkylation sites (tertiary alicyclic amines) is 1. The summed E-state index contributed by atoms with van der Waals surface area (Å²) in [4.78, 5) is 12.2. The molecule has 2 heterocycles. The molecule has 1 aliphatic heterocycles. The van der Waals surface area contributed by atoms with Crippen molar-refractivity contribution >= 4 is 28.7 Å². The molecule has 0 atom stereocenters. The fraction of sp³-hybridized carbons (Fsp3) is 0.636. The van der Waals surface area contributed by atoms with Crippen LogP contribution in [0.1, 0.15) is 24.5 Å². The van der Waals surface area contributed by atoms with Crippen LogP contribution in [0.25, 0.3) is 0 Å². The Bertz CT molecular complexity index is 450. The van der Waals surface area contributed by atoms with Gasteiger partial charge in [0.1, 0.15) is 3.70 Å². The van der Waals surface area contributed by atoms with Crippen LogP contribution in [0.3, 0.4) is 0 Å². The molecular formula is C11H14IN3O2. The number of hydrogen-bond donors (Lipinski definition) is 1. The van der Waals surface area contributed by atoms with Crippen molar-refractivity contribution in [2.45, 2.75) is 25.3 Å². The molecule has 0 radical (unpaired) electrons. The maximum Gasteiger partial charge on any atom is 0.407 e. The maximum absolute atomic E-state index is 10.7. The van der Waals surface area contributed by atoms with E-state index in [2.05, 4.69) is 38.4 Å². The third-order valence-electron chi connectivity index (χ3n) is 3.48. The Morgan fingerprint density at radius 3 is 2.82 bits per heavy atom. The van der Waals surface area contributed by atoms with Crippen LogP contribution in [0.4, 0.5) is 4.79 Å². The van der Waals surface area contributed by atoms with Gasteiger partial charge < -0.3 is 10.0 Å². The molecule has 0 unspecified atom stereocenters. The Labute approximate surface area is 113 Å². The molecule has 5 nitrogen and oxygen atoms in total. The number of carbonyl (C=O) groups is 1. The Hall–Kier alpha value is -0.790. The van der Waals surface area contributed by atoms with Gasteiger partial charge in [-0.25, -0.2) is 4.79 Å². The molecule has 0 spiro atoms. The van der Waals surface area contributed by atoms with Crippen LogP contribution >= 0.6 is 22.6 Å². The number of nitrogens with zero attached hydrogens (tertiary/aromatic N) is 3. The maximum atomic E-state index is 10.7. The van der Waals surface area contributed by atoms with Crippen molar-refractivity contribution in [1.29, 1.82) is 0 Å². The molecule has 2 aliphatic rings. The van der Waals surface area contributed by atoms with E-state index in [4.69, 9.17) is 5.11 Å². The van der Waals surface area contributed by atoms with Crippen molar-refractivity contribution in [1.82, 2.24) is 14.7 Å². The van der Waals surface area contributed by atoms with E-state index >= 15 is 0 Å². The van der Waals surface area contributed by atoms with Crippen LogP contribution in [-0.2, 0) is 6.54 Å². The average Bonchev–Trinajstić information content (AvgIpc) is 2.89. The molecule has 1 aromatic rings. The number of halogens is 1. The summed E-state index contributed by atoms with van der Waals surface area (Å²) in [5.74, 6) is 1.13. The number of hydrogen-bond acceptors (Lipinski definition) is 2. The van der Waals surface area contributed by atoms with Gasteiger partial charge in [0.25, 0.3) is 0 Å². The highest BCUT2D eigenvalue weighted by Crippen LogP contribution is 2.33. The van der Waals surface area contributed by atoms with Gasteiger partial charge in [-0.05, 0) is 47.4 Å². The van der Waals surface area contributed by atoms with Gasteiger partial charge in [0.15, 0.2) is 0 Å². The fourth-order valence-electron chi connectivity index (χ4n) is 2.24. The first-order valence-corrected chi connectivity index (χ1v) is 6.92. The van der Waals surface area contributed by atoms with Gasteiger partial charge >= 0.3 is 6.09 Å². The van der Waals surface area contributed by atoms with E-state index in [1.54, 1.807) is 0 Å². The lowest BCUT2D eigenvalue weighted by Crippen LogP contribution is -2.48. The number of aromatic nitrogens is 2. The summed E-state index contributed by atoms with van der Waals surface area (Å²) < 4.78 is 3.09. The van der Waals surface area contributed by atoms with Crippen molar-refractivity contribution < 1.29 is 9.90 Å². The zero-order chi connectivity index (χ0) is 12.0. The highest BCUT2D eigenvalue weighted by Gasteiger charge is 2.35. The van der Waals surface area contributed by atoms with Gasteiger partial charge in [-0.2, -0.15) is 5.10 Å². The lowest BCUT2D eigenvalue weighted by Gasteiger charge is -2.37. The molecule has 1 N–H and O–H groups in total. The van der Waals surface area contributed by atoms with Crippen molar-refractivity contribution in [3.8, 4) is 0 Å². The number of rotatable bonds is 3. The average molecular weight is 347 g/mol. The highest BCUT2D eigenvalue weighted by atomic mass is 127. The fourth-order valence-corrected chi connectivity index (χ4v) is 2.82. The molecule has 3 rings (SSSR count). The Morgan fingerprint density at radius 1 is 1.53 bits per heavy atom. The summed E-state index contributed by atoms with van der Waals surface area (Å²) >= 11 is 2.22. The van der Waals surface area contributed by atoms with Gasteiger partial charge in [-0.15, -0.1) is 0 Å².